The van der Waals surface area contributed by atoms with E-state index in [0.717, 1.165) is 30.6 Å². The van der Waals surface area contributed by atoms with E-state index in [0.29, 0.717) is 17.6 Å². The molecule has 0 bridgehead atoms. The third-order valence-corrected chi connectivity index (χ3v) is 5.04. The van der Waals surface area contributed by atoms with Crippen molar-refractivity contribution in [3.05, 3.63) is 34.1 Å². The molecule has 2 saturated heterocycles. The Morgan fingerprint density at radius 2 is 1.88 bits per heavy atom. The minimum atomic E-state index is -1.11. The largest absolute Gasteiger partial charge is 0.341 e. The van der Waals surface area contributed by atoms with Crippen LogP contribution in [0.15, 0.2) is 22.7 Å². The highest BCUT2D eigenvalue weighted by molar-refractivity contribution is 9.10. The molecular formula is C17H19BrFN3O3. The maximum Gasteiger partial charge on any atom is 0.325 e. The molecule has 3 rings (SSSR count). The Bertz CT molecular complexity index is 704. The van der Waals surface area contributed by atoms with E-state index >= 15 is 0 Å². The highest BCUT2D eigenvalue weighted by atomic mass is 79.9. The lowest BCUT2D eigenvalue weighted by Gasteiger charge is -2.22. The lowest BCUT2D eigenvalue weighted by molar-refractivity contribution is -0.137. The fraction of sp³-hybridized carbons (Fsp3) is 0.471. The normalized spacial score (nSPS) is 21.3. The first-order valence-electron chi connectivity index (χ1n) is 8.32. The van der Waals surface area contributed by atoms with Crippen LogP contribution in [0.4, 0.5) is 9.18 Å². The molecule has 134 valence electrons. The van der Waals surface area contributed by atoms with E-state index in [1.54, 1.807) is 4.90 Å². The standard InChI is InChI=1S/C17H19BrFN3O3/c18-11-5-6-13(19)12(9-11)15-16(24)22(17(25)20-15)10-14(23)21-7-3-1-2-4-8-21/h5-6,9,15H,1-4,7-8,10H2,(H,20,25)/t15-/m1/s1. The Hall–Kier alpha value is -1.96. The van der Waals surface area contributed by atoms with Crippen LogP contribution in [-0.4, -0.2) is 47.3 Å². The van der Waals surface area contributed by atoms with Crippen LogP contribution >= 0.6 is 15.9 Å². The van der Waals surface area contributed by atoms with Gasteiger partial charge in [-0.2, -0.15) is 0 Å². The van der Waals surface area contributed by atoms with Crippen LogP contribution in [0.3, 0.4) is 0 Å². The quantitative estimate of drug-likeness (QED) is 0.777. The summed E-state index contributed by atoms with van der Waals surface area (Å²) in [5.41, 5.74) is 0.0810. The topological polar surface area (TPSA) is 69.7 Å². The minimum Gasteiger partial charge on any atom is -0.341 e. The van der Waals surface area contributed by atoms with Crippen molar-refractivity contribution in [1.29, 1.82) is 0 Å². The van der Waals surface area contributed by atoms with Gasteiger partial charge < -0.3 is 10.2 Å². The Kier molecular flexibility index (Phi) is 5.36. The summed E-state index contributed by atoms with van der Waals surface area (Å²) in [5.74, 6) is -1.44. The lowest BCUT2D eigenvalue weighted by atomic mass is 10.1. The SMILES string of the molecule is O=C(CN1C(=O)N[C@H](c2cc(Br)ccc2F)C1=O)N1CCCCCC1. The summed E-state index contributed by atoms with van der Waals surface area (Å²) in [7, 11) is 0. The van der Waals surface area contributed by atoms with E-state index in [1.807, 2.05) is 0 Å². The van der Waals surface area contributed by atoms with Gasteiger partial charge in [0.15, 0.2) is 0 Å². The van der Waals surface area contributed by atoms with Crippen LogP contribution in [0.25, 0.3) is 0 Å². The predicted octanol–water partition coefficient (Wildman–Crippen LogP) is 2.58. The number of carbonyl (C=O) groups is 3. The summed E-state index contributed by atoms with van der Waals surface area (Å²) in [4.78, 5) is 39.7. The van der Waals surface area contributed by atoms with E-state index < -0.39 is 23.8 Å². The molecule has 8 heteroatoms. The maximum atomic E-state index is 14.0. The maximum absolute atomic E-state index is 14.0. The van der Waals surface area contributed by atoms with Crippen molar-refractivity contribution in [3.8, 4) is 0 Å². The average Bonchev–Trinajstić information content (AvgIpc) is 2.79. The van der Waals surface area contributed by atoms with E-state index in [9.17, 15) is 18.8 Å². The van der Waals surface area contributed by atoms with Crippen LogP contribution in [0.1, 0.15) is 37.3 Å². The lowest BCUT2D eigenvalue weighted by Crippen LogP contribution is -2.43. The van der Waals surface area contributed by atoms with Gasteiger partial charge in [0.25, 0.3) is 5.91 Å². The second kappa shape index (κ2) is 7.51. The Morgan fingerprint density at radius 3 is 2.56 bits per heavy atom. The number of rotatable bonds is 3. The van der Waals surface area contributed by atoms with Crippen molar-refractivity contribution >= 4 is 33.8 Å². The third kappa shape index (κ3) is 3.84. The molecule has 1 N–H and O–H groups in total. The van der Waals surface area contributed by atoms with E-state index in [1.165, 1.54) is 18.2 Å². The number of urea groups is 1. The molecule has 2 heterocycles. The fourth-order valence-electron chi connectivity index (χ4n) is 3.17. The Labute approximate surface area is 153 Å². The Morgan fingerprint density at radius 1 is 1.20 bits per heavy atom. The van der Waals surface area contributed by atoms with Crippen LogP contribution < -0.4 is 5.32 Å². The molecular weight excluding hydrogens is 393 g/mol. The number of imide groups is 1. The predicted molar refractivity (Wildman–Crippen MR) is 92.1 cm³/mol. The zero-order valence-corrected chi connectivity index (χ0v) is 15.2. The number of benzene rings is 1. The van der Waals surface area contributed by atoms with Crippen molar-refractivity contribution in [2.45, 2.75) is 31.7 Å². The number of likely N-dealkylation sites (tertiary alicyclic amines) is 1. The Balaban J connectivity index is 1.73. The van der Waals surface area contributed by atoms with Gasteiger partial charge in [-0.15, -0.1) is 0 Å². The van der Waals surface area contributed by atoms with Crippen LogP contribution in [0.2, 0.25) is 0 Å². The number of carbonyl (C=O) groups excluding carboxylic acids is 3. The first kappa shape index (κ1) is 17.8. The molecule has 2 fully saturated rings. The zero-order chi connectivity index (χ0) is 18.0. The van der Waals surface area contributed by atoms with Gasteiger partial charge in [0.1, 0.15) is 18.4 Å². The van der Waals surface area contributed by atoms with Crippen molar-refractivity contribution in [1.82, 2.24) is 15.1 Å². The van der Waals surface area contributed by atoms with Gasteiger partial charge in [-0.3, -0.25) is 14.5 Å². The molecule has 2 aliphatic rings. The highest BCUT2D eigenvalue weighted by Crippen LogP contribution is 2.27. The van der Waals surface area contributed by atoms with Crippen LogP contribution in [-0.2, 0) is 9.59 Å². The summed E-state index contributed by atoms with van der Waals surface area (Å²) < 4.78 is 14.6. The van der Waals surface area contributed by atoms with Crippen molar-refractivity contribution in [2.75, 3.05) is 19.6 Å². The molecule has 0 spiro atoms. The van der Waals surface area contributed by atoms with Gasteiger partial charge in [-0.25, -0.2) is 9.18 Å². The molecule has 0 radical (unpaired) electrons. The summed E-state index contributed by atoms with van der Waals surface area (Å²) in [6, 6.07) is 2.42. The van der Waals surface area contributed by atoms with Gasteiger partial charge in [0.05, 0.1) is 0 Å². The van der Waals surface area contributed by atoms with E-state index in [2.05, 4.69) is 21.2 Å². The molecule has 0 unspecified atom stereocenters. The number of hydrogen-bond acceptors (Lipinski definition) is 3. The molecule has 1 atom stereocenters. The van der Waals surface area contributed by atoms with Gasteiger partial charge in [0, 0.05) is 23.1 Å². The van der Waals surface area contributed by atoms with Gasteiger partial charge in [-0.1, -0.05) is 28.8 Å². The summed E-state index contributed by atoms with van der Waals surface area (Å²) in [5, 5.41) is 2.46. The molecule has 0 aliphatic carbocycles. The molecule has 4 amide bonds. The molecule has 25 heavy (non-hydrogen) atoms. The fourth-order valence-corrected chi connectivity index (χ4v) is 3.55. The minimum absolute atomic E-state index is 0.0810. The van der Waals surface area contributed by atoms with Crippen molar-refractivity contribution < 1.29 is 18.8 Å². The van der Waals surface area contributed by atoms with Crippen LogP contribution in [0.5, 0.6) is 0 Å². The van der Waals surface area contributed by atoms with Gasteiger partial charge in [0.2, 0.25) is 5.91 Å². The highest BCUT2D eigenvalue weighted by Gasteiger charge is 2.41. The molecule has 1 aromatic rings. The molecule has 0 aromatic heterocycles. The van der Waals surface area contributed by atoms with Crippen molar-refractivity contribution in [3.63, 3.8) is 0 Å². The van der Waals surface area contributed by atoms with Gasteiger partial charge in [-0.05, 0) is 31.0 Å². The second-order valence-corrected chi connectivity index (χ2v) is 7.18. The smallest absolute Gasteiger partial charge is 0.325 e. The van der Waals surface area contributed by atoms with Crippen molar-refractivity contribution in [2.24, 2.45) is 0 Å². The molecule has 0 saturated carbocycles. The monoisotopic (exact) mass is 411 g/mol. The molecule has 2 aliphatic heterocycles. The molecule has 1 aromatic carbocycles. The number of amides is 4. The molecule has 6 nitrogen and oxygen atoms in total. The number of nitrogens with one attached hydrogen (secondary N) is 1. The average molecular weight is 412 g/mol. The first-order valence-corrected chi connectivity index (χ1v) is 9.11. The van der Waals surface area contributed by atoms with E-state index in [-0.39, 0.29) is 18.0 Å². The van der Waals surface area contributed by atoms with E-state index in [4.69, 9.17) is 0 Å². The number of halogens is 2. The third-order valence-electron chi connectivity index (χ3n) is 4.55. The summed E-state index contributed by atoms with van der Waals surface area (Å²) >= 11 is 3.23. The zero-order valence-electron chi connectivity index (χ0n) is 13.6. The summed E-state index contributed by atoms with van der Waals surface area (Å²) in [6.45, 7) is 0.981. The van der Waals surface area contributed by atoms with Crippen LogP contribution in [0, 0.1) is 5.82 Å². The number of nitrogens with zero attached hydrogens (tertiary/aromatic N) is 2. The first-order chi connectivity index (χ1) is 12.0. The number of hydrogen-bond donors (Lipinski definition) is 1. The summed E-state index contributed by atoms with van der Waals surface area (Å²) in [6.07, 6.45) is 4.02. The van der Waals surface area contributed by atoms with Gasteiger partial charge >= 0.3 is 6.03 Å². The second-order valence-electron chi connectivity index (χ2n) is 6.27.